The second-order valence-corrected chi connectivity index (χ2v) is 4.02. The van der Waals surface area contributed by atoms with E-state index in [1.807, 2.05) is 12.1 Å². The van der Waals surface area contributed by atoms with Gasteiger partial charge < -0.3 is 15.4 Å². The highest BCUT2D eigenvalue weighted by Gasteiger charge is 2.14. The van der Waals surface area contributed by atoms with Crippen LogP contribution in [-0.2, 0) is 4.79 Å². The van der Waals surface area contributed by atoms with Crippen molar-refractivity contribution in [3.63, 3.8) is 0 Å². The van der Waals surface area contributed by atoms with Gasteiger partial charge in [0.2, 0.25) is 0 Å². The van der Waals surface area contributed by atoms with E-state index in [1.54, 1.807) is 19.2 Å². The van der Waals surface area contributed by atoms with Gasteiger partial charge in [0, 0.05) is 13.1 Å². The molecule has 0 radical (unpaired) electrons. The summed E-state index contributed by atoms with van der Waals surface area (Å²) in [5, 5.41) is 5.84. The summed E-state index contributed by atoms with van der Waals surface area (Å²) >= 11 is 0. The number of rotatable bonds is 3. The molecular formula is C13H17N3O2. The van der Waals surface area contributed by atoms with Crippen molar-refractivity contribution in [2.75, 3.05) is 25.5 Å². The summed E-state index contributed by atoms with van der Waals surface area (Å²) in [7, 11) is 1.58. The predicted octanol–water partition coefficient (Wildman–Crippen LogP) is 1.42. The number of hydrogen-bond donors (Lipinski definition) is 2. The number of benzene rings is 1. The third-order valence-electron chi connectivity index (χ3n) is 2.72. The van der Waals surface area contributed by atoms with E-state index in [4.69, 9.17) is 4.74 Å². The molecule has 0 saturated heterocycles. The van der Waals surface area contributed by atoms with E-state index in [1.165, 1.54) is 0 Å². The highest BCUT2D eigenvalue weighted by Crippen LogP contribution is 2.22. The quantitative estimate of drug-likeness (QED) is 0.849. The molecule has 0 atom stereocenters. The second kappa shape index (κ2) is 6.05. The standard InChI is InChI=1S/C13H17N3O2/c1-18-11-7-3-2-6-10(11)16-13(17)12-14-8-4-5-9-15-12/h2-3,6-7H,4-5,8-9H2,1H3,(H,14,15)(H,16,17). The molecule has 1 aromatic rings. The van der Waals surface area contributed by atoms with Crippen LogP contribution >= 0.6 is 0 Å². The fraction of sp³-hybridized carbons (Fsp3) is 0.385. The molecule has 1 aliphatic heterocycles. The Morgan fingerprint density at radius 1 is 1.39 bits per heavy atom. The Balaban J connectivity index is 2.08. The summed E-state index contributed by atoms with van der Waals surface area (Å²) < 4.78 is 5.18. The van der Waals surface area contributed by atoms with E-state index in [0.29, 0.717) is 23.8 Å². The molecule has 96 valence electrons. The highest BCUT2D eigenvalue weighted by molar-refractivity contribution is 6.42. The van der Waals surface area contributed by atoms with Gasteiger partial charge >= 0.3 is 0 Å². The second-order valence-electron chi connectivity index (χ2n) is 4.02. The number of ether oxygens (including phenoxy) is 1. The number of para-hydroxylation sites is 2. The lowest BCUT2D eigenvalue weighted by Crippen LogP contribution is -2.35. The number of amides is 1. The molecule has 1 aromatic carbocycles. The lowest BCUT2D eigenvalue weighted by molar-refractivity contribution is -0.110. The van der Waals surface area contributed by atoms with Crippen LogP contribution in [0.15, 0.2) is 29.3 Å². The number of amidine groups is 1. The molecule has 0 bridgehead atoms. The van der Waals surface area contributed by atoms with E-state index in [2.05, 4.69) is 15.6 Å². The molecule has 0 saturated carbocycles. The first-order valence-electron chi connectivity index (χ1n) is 6.04. The van der Waals surface area contributed by atoms with Crippen LogP contribution < -0.4 is 15.4 Å². The summed E-state index contributed by atoms with van der Waals surface area (Å²) in [6.45, 7) is 1.49. The molecule has 0 aromatic heterocycles. The first kappa shape index (κ1) is 12.4. The number of nitrogens with one attached hydrogen (secondary N) is 2. The van der Waals surface area contributed by atoms with E-state index in [-0.39, 0.29) is 5.91 Å². The summed E-state index contributed by atoms with van der Waals surface area (Å²) in [5.41, 5.74) is 0.652. The smallest absolute Gasteiger partial charge is 0.290 e. The molecule has 0 aliphatic carbocycles. The predicted molar refractivity (Wildman–Crippen MR) is 71.2 cm³/mol. The van der Waals surface area contributed by atoms with Gasteiger partial charge in [0.05, 0.1) is 12.8 Å². The monoisotopic (exact) mass is 247 g/mol. The van der Waals surface area contributed by atoms with Crippen LogP contribution in [0, 0.1) is 0 Å². The minimum Gasteiger partial charge on any atom is -0.495 e. The molecule has 1 amide bonds. The first-order valence-corrected chi connectivity index (χ1v) is 6.04. The Hall–Kier alpha value is -2.04. The fourth-order valence-electron chi connectivity index (χ4n) is 1.77. The normalized spacial score (nSPS) is 15.1. The molecule has 2 rings (SSSR count). The molecule has 0 fully saturated rings. The highest BCUT2D eigenvalue weighted by atomic mass is 16.5. The van der Waals surface area contributed by atoms with Crippen molar-refractivity contribution in [3.8, 4) is 5.75 Å². The van der Waals surface area contributed by atoms with Crippen LogP contribution in [-0.4, -0.2) is 31.9 Å². The van der Waals surface area contributed by atoms with Gasteiger partial charge in [-0.2, -0.15) is 0 Å². The SMILES string of the molecule is COc1ccccc1NC(=O)C1=NCCCCN1. The minimum atomic E-state index is -0.221. The summed E-state index contributed by atoms with van der Waals surface area (Å²) in [5.74, 6) is 0.819. The van der Waals surface area contributed by atoms with Crippen LogP contribution in [0.4, 0.5) is 5.69 Å². The van der Waals surface area contributed by atoms with Crippen molar-refractivity contribution in [1.29, 1.82) is 0 Å². The third kappa shape index (κ3) is 3.00. The molecule has 1 heterocycles. The number of methoxy groups -OCH3 is 1. The van der Waals surface area contributed by atoms with Crippen LogP contribution in [0.1, 0.15) is 12.8 Å². The number of nitrogens with zero attached hydrogens (tertiary/aromatic N) is 1. The summed E-state index contributed by atoms with van der Waals surface area (Å²) in [6, 6.07) is 7.31. The fourth-order valence-corrected chi connectivity index (χ4v) is 1.77. The van der Waals surface area contributed by atoms with Crippen molar-refractivity contribution >= 4 is 17.4 Å². The average Bonchev–Trinajstić information content (AvgIpc) is 2.68. The number of carbonyl (C=O) groups is 1. The number of aliphatic imine (C=N–C) groups is 1. The molecule has 1 aliphatic rings. The lowest BCUT2D eigenvalue weighted by atomic mass is 10.3. The van der Waals surface area contributed by atoms with Crippen molar-refractivity contribution in [3.05, 3.63) is 24.3 Å². The molecule has 18 heavy (non-hydrogen) atoms. The molecule has 0 spiro atoms. The molecule has 5 heteroatoms. The Bertz CT molecular complexity index is 457. The maximum atomic E-state index is 12.0. The number of anilines is 1. The Morgan fingerprint density at radius 2 is 2.22 bits per heavy atom. The first-order chi connectivity index (χ1) is 8.81. The molecule has 2 N–H and O–H groups in total. The Labute approximate surface area is 106 Å². The van der Waals surface area contributed by atoms with Crippen molar-refractivity contribution in [2.24, 2.45) is 4.99 Å². The van der Waals surface area contributed by atoms with Gasteiger partial charge in [0.25, 0.3) is 5.91 Å². The molecular weight excluding hydrogens is 230 g/mol. The van der Waals surface area contributed by atoms with Gasteiger partial charge in [-0.15, -0.1) is 0 Å². The van der Waals surface area contributed by atoms with Crippen LogP contribution in [0.3, 0.4) is 0 Å². The maximum absolute atomic E-state index is 12.0. The van der Waals surface area contributed by atoms with E-state index < -0.39 is 0 Å². The van der Waals surface area contributed by atoms with Crippen molar-refractivity contribution in [2.45, 2.75) is 12.8 Å². The molecule has 5 nitrogen and oxygen atoms in total. The van der Waals surface area contributed by atoms with Crippen molar-refractivity contribution < 1.29 is 9.53 Å². The lowest BCUT2D eigenvalue weighted by Gasteiger charge is -2.11. The Kier molecular flexibility index (Phi) is 4.17. The molecule has 0 unspecified atom stereocenters. The zero-order valence-corrected chi connectivity index (χ0v) is 10.4. The summed E-state index contributed by atoms with van der Waals surface area (Å²) in [6.07, 6.45) is 2.05. The average molecular weight is 247 g/mol. The number of hydrogen-bond acceptors (Lipinski definition) is 4. The van der Waals surface area contributed by atoms with Crippen LogP contribution in [0.5, 0.6) is 5.75 Å². The zero-order valence-electron chi connectivity index (χ0n) is 10.4. The van der Waals surface area contributed by atoms with Gasteiger partial charge in [0.15, 0.2) is 5.84 Å². The van der Waals surface area contributed by atoms with Crippen LogP contribution in [0.25, 0.3) is 0 Å². The van der Waals surface area contributed by atoms with Crippen molar-refractivity contribution in [1.82, 2.24) is 5.32 Å². The Morgan fingerprint density at radius 3 is 3.06 bits per heavy atom. The largest absolute Gasteiger partial charge is 0.495 e. The maximum Gasteiger partial charge on any atom is 0.290 e. The van der Waals surface area contributed by atoms with E-state index in [0.717, 1.165) is 19.4 Å². The van der Waals surface area contributed by atoms with Gasteiger partial charge in [-0.1, -0.05) is 12.1 Å². The topological polar surface area (TPSA) is 62.7 Å². The minimum absolute atomic E-state index is 0.221. The zero-order chi connectivity index (χ0) is 12.8. The van der Waals surface area contributed by atoms with Gasteiger partial charge in [-0.25, -0.2) is 0 Å². The van der Waals surface area contributed by atoms with Crippen LogP contribution in [0.2, 0.25) is 0 Å². The number of carbonyl (C=O) groups excluding carboxylic acids is 1. The van der Waals surface area contributed by atoms with E-state index >= 15 is 0 Å². The van der Waals surface area contributed by atoms with Gasteiger partial charge in [0.1, 0.15) is 5.75 Å². The summed E-state index contributed by atoms with van der Waals surface area (Å²) in [4.78, 5) is 16.3. The third-order valence-corrected chi connectivity index (χ3v) is 2.72. The van der Waals surface area contributed by atoms with Gasteiger partial charge in [-0.3, -0.25) is 9.79 Å². The van der Waals surface area contributed by atoms with Gasteiger partial charge in [-0.05, 0) is 25.0 Å². The van der Waals surface area contributed by atoms with E-state index in [9.17, 15) is 4.79 Å².